The molecule has 0 amide bonds. The normalized spacial score (nSPS) is 11.6. The third-order valence-corrected chi connectivity index (χ3v) is 3.41. The van der Waals surface area contributed by atoms with Gasteiger partial charge in [-0.05, 0) is 48.9 Å². The average molecular weight is 261 g/mol. The molecule has 1 aromatic carbocycles. The van der Waals surface area contributed by atoms with Crippen molar-refractivity contribution in [2.75, 3.05) is 6.54 Å². The summed E-state index contributed by atoms with van der Waals surface area (Å²) in [6, 6.07) is 6.72. The number of hydrogen-bond acceptors (Lipinski definition) is 2. The smallest absolute Gasteiger partial charge is 0.129 e. The minimum Gasteiger partial charge on any atom is -0.313 e. The number of hydrogen-bond donors (Lipinski definition) is 1. The Balaban J connectivity index is 2.55. The summed E-state index contributed by atoms with van der Waals surface area (Å²) in [5, 5.41) is 3.42. The Morgan fingerprint density at radius 1 is 1.26 bits per heavy atom. The van der Waals surface area contributed by atoms with Crippen molar-refractivity contribution in [3.8, 4) is 0 Å². The summed E-state index contributed by atoms with van der Waals surface area (Å²) in [5.41, 5.74) is 4.25. The lowest BCUT2D eigenvalue weighted by Crippen LogP contribution is -2.17. The fourth-order valence-electron chi connectivity index (χ4n) is 2.01. The van der Waals surface area contributed by atoms with Crippen LogP contribution >= 0.6 is 0 Å². The van der Waals surface area contributed by atoms with E-state index in [1.165, 1.54) is 16.7 Å². The van der Waals surface area contributed by atoms with E-state index >= 15 is 0 Å². The molecule has 0 heterocycles. The van der Waals surface area contributed by atoms with Gasteiger partial charge in [-0.15, -0.1) is 0 Å². The van der Waals surface area contributed by atoms with E-state index in [0.717, 1.165) is 19.5 Å². The van der Waals surface area contributed by atoms with E-state index in [0.29, 0.717) is 6.42 Å². The van der Waals surface area contributed by atoms with E-state index in [-0.39, 0.29) is 11.2 Å². The number of nitrogens with one attached hydrogen (secondary N) is 1. The molecule has 0 saturated heterocycles. The molecule has 0 saturated carbocycles. The molecule has 0 spiro atoms. The lowest BCUT2D eigenvalue weighted by molar-refractivity contribution is -0.117. The fraction of sp³-hybridized carbons (Fsp3) is 0.588. The van der Waals surface area contributed by atoms with Crippen molar-refractivity contribution in [3.05, 3.63) is 34.9 Å². The van der Waals surface area contributed by atoms with Crippen LogP contribution in [-0.4, -0.2) is 12.3 Å². The number of Topliss-reactive ketones (excluding diaryl/α,β-unsaturated/α-hetero) is 1. The van der Waals surface area contributed by atoms with Gasteiger partial charge in [0.1, 0.15) is 5.78 Å². The van der Waals surface area contributed by atoms with Crippen molar-refractivity contribution in [3.63, 3.8) is 0 Å². The number of carbonyl (C=O) groups excluding carboxylic acids is 1. The lowest BCUT2D eigenvalue weighted by Gasteiger charge is -2.21. The van der Waals surface area contributed by atoms with Gasteiger partial charge in [0.15, 0.2) is 0 Å². The minimum atomic E-state index is 0.192. The first-order valence-electron chi connectivity index (χ1n) is 7.11. The summed E-state index contributed by atoms with van der Waals surface area (Å²) >= 11 is 0. The molecule has 2 nitrogen and oxygen atoms in total. The number of aryl methyl sites for hydroxylation is 1. The van der Waals surface area contributed by atoms with Crippen molar-refractivity contribution in [2.24, 2.45) is 0 Å². The highest BCUT2D eigenvalue weighted by atomic mass is 16.1. The second-order valence-electron chi connectivity index (χ2n) is 6.37. The molecule has 0 aromatic heterocycles. The van der Waals surface area contributed by atoms with E-state index in [1.807, 2.05) is 0 Å². The van der Waals surface area contributed by atoms with Crippen LogP contribution in [0.3, 0.4) is 0 Å². The fourth-order valence-corrected chi connectivity index (χ4v) is 2.01. The summed E-state index contributed by atoms with van der Waals surface area (Å²) in [6.45, 7) is 12.3. The van der Waals surface area contributed by atoms with Gasteiger partial charge in [0, 0.05) is 13.0 Å². The second-order valence-corrected chi connectivity index (χ2v) is 6.37. The Bertz CT molecular complexity index is 429. The van der Waals surface area contributed by atoms with Crippen molar-refractivity contribution < 1.29 is 4.79 Å². The van der Waals surface area contributed by atoms with E-state index in [2.05, 4.69) is 51.2 Å². The van der Waals surface area contributed by atoms with Gasteiger partial charge in [0.25, 0.3) is 0 Å². The minimum absolute atomic E-state index is 0.192. The number of ketones is 1. The van der Waals surface area contributed by atoms with Crippen molar-refractivity contribution in [1.29, 1.82) is 0 Å². The predicted octanol–water partition coefficient (Wildman–Crippen LogP) is 3.75. The molecule has 0 aliphatic heterocycles. The topological polar surface area (TPSA) is 29.1 Å². The van der Waals surface area contributed by atoms with Crippen LogP contribution in [0.25, 0.3) is 0 Å². The molecule has 0 unspecified atom stereocenters. The molecular weight excluding hydrogens is 234 g/mol. The maximum Gasteiger partial charge on any atom is 0.129 e. The molecule has 1 rings (SSSR count). The predicted molar refractivity (Wildman–Crippen MR) is 81.5 cm³/mol. The standard InChI is InChI=1S/C17H27NO/c1-13-8-9-16(17(3,4)5)11-15(13)12-18-10-6-7-14(2)19/h8-9,11,18H,6-7,10,12H2,1-5H3. The number of rotatable bonds is 6. The summed E-state index contributed by atoms with van der Waals surface area (Å²) in [6.07, 6.45) is 1.60. The Labute approximate surface area is 117 Å². The molecule has 0 atom stereocenters. The van der Waals surface area contributed by atoms with Crippen molar-refractivity contribution in [2.45, 2.75) is 59.4 Å². The third kappa shape index (κ3) is 5.56. The van der Waals surface area contributed by atoms with Gasteiger partial charge in [-0.2, -0.15) is 0 Å². The van der Waals surface area contributed by atoms with E-state index < -0.39 is 0 Å². The van der Waals surface area contributed by atoms with Crippen LogP contribution in [-0.2, 0) is 16.8 Å². The first-order valence-corrected chi connectivity index (χ1v) is 7.11. The molecular formula is C17H27NO. The van der Waals surface area contributed by atoms with Crippen LogP contribution in [0.15, 0.2) is 18.2 Å². The molecule has 0 aliphatic rings. The van der Waals surface area contributed by atoms with Crippen LogP contribution in [0.4, 0.5) is 0 Å². The highest BCUT2D eigenvalue weighted by Crippen LogP contribution is 2.24. The molecule has 0 radical (unpaired) electrons. The summed E-state index contributed by atoms with van der Waals surface area (Å²) in [5.74, 6) is 0.271. The quantitative estimate of drug-likeness (QED) is 0.790. The van der Waals surface area contributed by atoms with Gasteiger partial charge in [-0.25, -0.2) is 0 Å². The van der Waals surface area contributed by atoms with Crippen LogP contribution < -0.4 is 5.32 Å². The maximum absolute atomic E-state index is 10.9. The SMILES string of the molecule is CC(=O)CCCNCc1cc(C(C)(C)C)ccc1C. The molecule has 0 bridgehead atoms. The summed E-state index contributed by atoms with van der Waals surface area (Å²) < 4.78 is 0. The highest BCUT2D eigenvalue weighted by Gasteiger charge is 2.14. The van der Waals surface area contributed by atoms with E-state index in [9.17, 15) is 4.79 Å². The van der Waals surface area contributed by atoms with Gasteiger partial charge in [-0.3, -0.25) is 0 Å². The van der Waals surface area contributed by atoms with E-state index in [4.69, 9.17) is 0 Å². The second kappa shape index (κ2) is 6.85. The molecule has 0 aliphatic carbocycles. The van der Waals surface area contributed by atoms with Gasteiger partial charge in [-0.1, -0.05) is 39.0 Å². The largest absolute Gasteiger partial charge is 0.313 e. The molecule has 0 fully saturated rings. The first-order chi connectivity index (χ1) is 8.80. The molecule has 2 heteroatoms. The molecule has 19 heavy (non-hydrogen) atoms. The number of carbonyl (C=O) groups is 1. The van der Waals surface area contributed by atoms with Crippen LogP contribution in [0.1, 0.15) is 57.2 Å². The van der Waals surface area contributed by atoms with E-state index in [1.54, 1.807) is 6.92 Å². The highest BCUT2D eigenvalue weighted by molar-refractivity contribution is 5.75. The average Bonchev–Trinajstić information content (AvgIpc) is 2.29. The van der Waals surface area contributed by atoms with Gasteiger partial charge >= 0.3 is 0 Å². The Morgan fingerprint density at radius 2 is 1.95 bits per heavy atom. The van der Waals surface area contributed by atoms with Gasteiger partial charge in [0.2, 0.25) is 0 Å². The maximum atomic E-state index is 10.9. The zero-order valence-corrected chi connectivity index (χ0v) is 13.0. The molecule has 1 aromatic rings. The molecule has 106 valence electrons. The zero-order chi connectivity index (χ0) is 14.5. The third-order valence-electron chi connectivity index (χ3n) is 3.41. The van der Waals surface area contributed by atoms with Crippen LogP contribution in [0.5, 0.6) is 0 Å². The molecule has 1 N–H and O–H groups in total. The zero-order valence-electron chi connectivity index (χ0n) is 13.0. The van der Waals surface area contributed by atoms with Crippen LogP contribution in [0, 0.1) is 6.92 Å². The van der Waals surface area contributed by atoms with Crippen LogP contribution in [0.2, 0.25) is 0 Å². The van der Waals surface area contributed by atoms with Crippen molar-refractivity contribution >= 4 is 5.78 Å². The Kier molecular flexibility index (Phi) is 5.74. The Morgan fingerprint density at radius 3 is 2.53 bits per heavy atom. The lowest BCUT2D eigenvalue weighted by atomic mass is 9.85. The van der Waals surface area contributed by atoms with Gasteiger partial charge in [0.05, 0.1) is 0 Å². The van der Waals surface area contributed by atoms with Gasteiger partial charge < -0.3 is 10.1 Å². The Hall–Kier alpha value is -1.15. The summed E-state index contributed by atoms with van der Waals surface area (Å²) in [7, 11) is 0. The monoisotopic (exact) mass is 261 g/mol. The summed E-state index contributed by atoms with van der Waals surface area (Å²) in [4.78, 5) is 10.9. The number of benzene rings is 1. The first kappa shape index (κ1) is 15.9. The van der Waals surface area contributed by atoms with Crippen molar-refractivity contribution in [1.82, 2.24) is 5.32 Å².